The fraction of sp³-hybridized carbons (Fsp3) is 0.333. The van der Waals surface area contributed by atoms with Gasteiger partial charge < -0.3 is 10.0 Å². The minimum Gasteiger partial charge on any atom is -0.396 e. The van der Waals surface area contributed by atoms with Crippen LogP contribution in [0.1, 0.15) is 24.4 Å². The third-order valence-corrected chi connectivity index (χ3v) is 5.23. The molecule has 0 aromatic heterocycles. The maximum absolute atomic E-state index is 9.56. The highest BCUT2D eigenvalue weighted by molar-refractivity contribution is 6.35. The summed E-state index contributed by atoms with van der Waals surface area (Å²) < 4.78 is 0. The number of aliphatic hydroxyl groups is 1. The predicted octanol–water partition coefficient (Wildman–Crippen LogP) is 5.60. The van der Waals surface area contributed by atoms with Crippen molar-refractivity contribution in [3.63, 3.8) is 0 Å². The number of anilines is 1. The van der Waals surface area contributed by atoms with Gasteiger partial charge in [-0.1, -0.05) is 40.9 Å². The number of nitrogens with zero attached hydrogens (tertiary/aromatic N) is 1. The Hall–Kier alpha value is -0.930. The van der Waals surface area contributed by atoms with Gasteiger partial charge in [0.05, 0.1) is 6.04 Å². The molecule has 23 heavy (non-hydrogen) atoms. The summed E-state index contributed by atoms with van der Waals surface area (Å²) in [5.41, 5.74) is 2.16. The summed E-state index contributed by atoms with van der Waals surface area (Å²) in [6, 6.07) is 13.6. The molecule has 1 aliphatic rings. The molecule has 1 N–H and O–H groups in total. The van der Waals surface area contributed by atoms with E-state index in [2.05, 4.69) is 4.90 Å². The lowest BCUT2D eigenvalue weighted by Crippen LogP contribution is -2.39. The monoisotopic (exact) mass is 369 g/mol. The molecule has 5 heteroatoms. The SMILES string of the molecule is OC[C@@H]1CC[C@@H](c2ccc(Cl)cc2Cl)N(c2ccc(Cl)cc2)C1. The van der Waals surface area contributed by atoms with Crippen molar-refractivity contribution in [2.75, 3.05) is 18.1 Å². The van der Waals surface area contributed by atoms with E-state index in [1.54, 1.807) is 6.07 Å². The van der Waals surface area contributed by atoms with Crippen LogP contribution in [0.15, 0.2) is 42.5 Å². The normalized spacial score (nSPS) is 21.5. The minimum absolute atomic E-state index is 0.170. The highest BCUT2D eigenvalue weighted by Gasteiger charge is 2.30. The Kier molecular flexibility index (Phi) is 5.38. The average molecular weight is 371 g/mol. The van der Waals surface area contributed by atoms with E-state index in [1.807, 2.05) is 36.4 Å². The van der Waals surface area contributed by atoms with Crippen molar-refractivity contribution in [1.82, 2.24) is 0 Å². The molecule has 0 radical (unpaired) electrons. The Morgan fingerprint density at radius 3 is 2.30 bits per heavy atom. The van der Waals surface area contributed by atoms with Crippen molar-refractivity contribution in [2.24, 2.45) is 5.92 Å². The summed E-state index contributed by atoms with van der Waals surface area (Å²) in [7, 11) is 0. The van der Waals surface area contributed by atoms with E-state index >= 15 is 0 Å². The van der Waals surface area contributed by atoms with E-state index in [1.165, 1.54) is 0 Å². The van der Waals surface area contributed by atoms with E-state index in [0.29, 0.717) is 15.1 Å². The lowest BCUT2D eigenvalue weighted by atomic mass is 9.89. The standard InChI is InChI=1S/C18H18Cl3NO/c19-13-2-5-15(6-3-13)22-10-12(11-23)1-8-18(22)16-7-4-14(20)9-17(16)21/h2-7,9,12,18,23H,1,8,10-11H2/t12-,18+/m1/s1. The topological polar surface area (TPSA) is 23.5 Å². The maximum atomic E-state index is 9.56. The van der Waals surface area contributed by atoms with Crippen molar-refractivity contribution in [2.45, 2.75) is 18.9 Å². The number of aliphatic hydroxyl groups excluding tert-OH is 1. The molecule has 2 aromatic rings. The van der Waals surface area contributed by atoms with E-state index < -0.39 is 0 Å². The van der Waals surface area contributed by atoms with Crippen molar-refractivity contribution >= 4 is 40.5 Å². The van der Waals surface area contributed by atoms with Gasteiger partial charge in [0.1, 0.15) is 0 Å². The first kappa shape index (κ1) is 16.9. The molecule has 0 saturated carbocycles. The van der Waals surface area contributed by atoms with Gasteiger partial charge in [-0.05, 0) is 60.7 Å². The number of benzene rings is 2. The van der Waals surface area contributed by atoms with Gasteiger partial charge in [-0.3, -0.25) is 0 Å². The maximum Gasteiger partial charge on any atom is 0.0557 e. The van der Waals surface area contributed by atoms with Crippen LogP contribution in [-0.2, 0) is 0 Å². The van der Waals surface area contributed by atoms with Gasteiger partial charge in [-0.2, -0.15) is 0 Å². The summed E-state index contributed by atoms with van der Waals surface area (Å²) in [4.78, 5) is 2.30. The quantitative estimate of drug-likeness (QED) is 0.760. The smallest absolute Gasteiger partial charge is 0.0557 e. The number of halogens is 3. The van der Waals surface area contributed by atoms with Crippen LogP contribution >= 0.6 is 34.8 Å². The Morgan fingerprint density at radius 2 is 1.65 bits per heavy atom. The van der Waals surface area contributed by atoms with Crippen molar-refractivity contribution < 1.29 is 5.11 Å². The van der Waals surface area contributed by atoms with E-state index in [-0.39, 0.29) is 18.6 Å². The van der Waals surface area contributed by atoms with Crippen LogP contribution in [0.5, 0.6) is 0 Å². The lowest BCUT2D eigenvalue weighted by molar-refractivity contribution is 0.198. The van der Waals surface area contributed by atoms with Gasteiger partial charge in [-0.15, -0.1) is 0 Å². The Bertz CT molecular complexity index is 674. The summed E-state index contributed by atoms with van der Waals surface area (Å²) in [6.45, 7) is 0.993. The first-order valence-electron chi connectivity index (χ1n) is 7.66. The first-order valence-corrected chi connectivity index (χ1v) is 8.80. The van der Waals surface area contributed by atoms with Crippen LogP contribution in [0.4, 0.5) is 5.69 Å². The van der Waals surface area contributed by atoms with Gasteiger partial charge in [0.15, 0.2) is 0 Å². The van der Waals surface area contributed by atoms with Crippen LogP contribution in [0.25, 0.3) is 0 Å². The molecule has 3 rings (SSSR count). The van der Waals surface area contributed by atoms with Crippen LogP contribution in [0.3, 0.4) is 0 Å². The van der Waals surface area contributed by atoms with Crippen molar-refractivity contribution in [1.29, 1.82) is 0 Å². The highest BCUT2D eigenvalue weighted by Crippen LogP contribution is 2.40. The predicted molar refractivity (Wildman–Crippen MR) is 97.8 cm³/mol. The molecule has 122 valence electrons. The van der Waals surface area contributed by atoms with Crippen molar-refractivity contribution in [3.05, 3.63) is 63.1 Å². The molecular formula is C18H18Cl3NO. The largest absolute Gasteiger partial charge is 0.396 e. The second kappa shape index (κ2) is 7.31. The third kappa shape index (κ3) is 3.77. The Morgan fingerprint density at radius 1 is 0.957 bits per heavy atom. The molecule has 0 spiro atoms. The number of piperidine rings is 1. The van der Waals surface area contributed by atoms with Crippen molar-refractivity contribution in [3.8, 4) is 0 Å². The summed E-state index contributed by atoms with van der Waals surface area (Å²) in [5, 5.41) is 11.6. The van der Waals surface area contributed by atoms with Crippen LogP contribution in [-0.4, -0.2) is 18.3 Å². The van der Waals surface area contributed by atoms with Crippen LogP contribution in [0, 0.1) is 5.92 Å². The second-order valence-electron chi connectivity index (χ2n) is 5.94. The van der Waals surface area contributed by atoms with Gasteiger partial charge in [0.25, 0.3) is 0 Å². The Labute approximate surface area is 151 Å². The lowest BCUT2D eigenvalue weighted by Gasteiger charge is -2.41. The minimum atomic E-state index is 0.170. The number of rotatable bonds is 3. The van der Waals surface area contributed by atoms with E-state index in [9.17, 15) is 5.11 Å². The molecule has 1 aliphatic heterocycles. The second-order valence-corrected chi connectivity index (χ2v) is 7.22. The molecule has 1 fully saturated rings. The zero-order chi connectivity index (χ0) is 16.4. The molecule has 1 heterocycles. The van der Waals surface area contributed by atoms with Gasteiger partial charge in [0, 0.05) is 33.9 Å². The van der Waals surface area contributed by atoms with Crippen LogP contribution in [0.2, 0.25) is 15.1 Å². The fourth-order valence-electron chi connectivity index (χ4n) is 3.21. The summed E-state index contributed by atoms with van der Waals surface area (Å²) in [6.07, 6.45) is 1.92. The molecular weight excluding hydrogens is 353 g/mol. The zero-order valence-corrected chi connectivity index (χ0v) is 14.8. The van der Waals surface area contributed by atoms with Crippen LogP contribution < -0.4 is 4.90 Å². The first-order chi connectivity index (χ1) is 11.1. The third-order valence-electron chi connectivity index (χ3n) is 4.42. The molecule has 0 unspecified atom stereocenters. The zero-order valence-electron chi connectivity index (χ0n) is 12.6. The van der Waals surface area contributed by atoms with Gasteiger partial charge in [0.2, 0.25) is 0 Å². The van der Waals surface area contributed by atoms with E-state index in [0.717, 1.165) is 30.6 Å². The molecule has 0 bridgehead atoms. The summed E-state index contributed by atoms with van der Waals surface area (Å²) >= 11 is 18.5. The fourth-order valence-corrected chi connectivity index (χ4v) is 3.87. The number of hydrogen-bond acceptors (Lipinski definition) is 2. The molecule has 1 saturated heterocycles. The van der Waals surface area contributed by atoms with Gasteiger partial charge >= 0.3 is 0 Å². The molecule has 2 aromatic carbocycles. The van der Waals surface area contributed by atoms with E-state index in [4.69, 9.17) is 34.8 Å². The van der Waals surface area contributed by atoms with Gasteiger partial charge in [-0.25, -0.2) is 0 Å². The molecule has 2 nitrogen and oxygen atoms in total. The highest BCUT2D eigenvalue weighted by atomic mass is 35.5. The molecule has 0 aliphatic carbocycles. The summed E-state index contributed by atoms with van der Waals surface area (Å²) in [5.74, 6) is 0.271. The Balaban J connectivity index is 1.97. The molecule has 0 amide bonds. The molecule has 2 atom stereocenters. The average Bonchev–Trinajstić information content (AvgIpc) is 2.55. The number of hydrogen-bond donors (Lipinski definition) is 1.